The molecule has 5 heteroatoms. The standard InChI is InChI=1S/C12H15BrN4/c1-16(7-9-3-2-4-9)12-11-14-5-6-17(11)8-10(13)15-12/h5-6,8-9H,2-4,7H2,1H3. The predicted octanol–water partition coefficient (Wildman–Crippen LogP) is 2.73. The van der Waals surface area contributed by atoms with Crippen LogP contribution in [0.1, 0.15) is 19.3 Å². The Kier molecular flexibility index (Phi) is 2.78. The van der Waals surface area contributed by atoms with Crippen LogP contribution < -0.4 is 4.90 Å². The molecule has 0 unspecified atom stereocenters. The van der Waals surface area contributed by atoms with Gasteiger partial charge in [-0.1, -0.05) is 6.42 Å². The molecular formula is C12H15BrN4. The van der Waals surface area contributed by atoms with E-state index in [-0.39, 0.29) is 0 Å². The fourth-order valence-corrected chi connectivity index (χ4v) is 2.68. The Bertz CT molecular complexity index is 532. The van der Waals surface area contributed by atoms with E-state index in [1.54, 1.807) is 0 Å². The number of imidazole rings is 1. The minimum Gasteiger partial charge on any atom is -0.356 e. The summed E-state index contributed by atoms with van der Waals surface area (Å²) in [7, 11) is 2.10. The van der Waals surface area contributed by atoms with Crippen molar-refractivity contribution in [3.05, 3.63) is 23.2 Å². The fourth-order valence-electron chi connectivity index (χ4n) is 2.29. The Hall–Kier alpha value is -1.10. The highest BCUT2D eigenvalue weighted by atomic mass is 79.9. The third-order valence-electron chi connectivity index (χ3n) is 3.45. The topological polar surface area (TPSA) is 33.4 Å². The second-order valence-corrected chi connectivity index (χ2v) is 5.54. The van der Waals surface area contributed by atoms with E-state index >= 15 is 0 Å². The van der Waals surface area contributed by atoms with Crippen LogP contribution in [-0.4, -0.2) is 28.0 Å². The lowest BCUT2D eigenvalue weighted by atomic mass is 9.85. The van der Waals surface area contributed by atoms with Crippen LogP contribution in [0.15, 0.2) is 23.2 Å². The third-order valence-corrected chi connectivity index (χ3v) is 3.83. The molecule has 90 valence electrons. The van der Waals surface area contributed by atoms with Crippen molar-refractivity contribution in [1.82, 2.24) is 14.4 Å². The second kappa shape index (κ2) is 4.29. The number of nitrogens with zero attached hydrogens (tertiary/aromatic N) is 4. The minimum atomic E-state index is 0.829. The van der Waals surface area contributed by atoms with Crippen LogP contribution in [0.3, 0.4) is 0 Å². The summed E-state index contributed by atoms with van der Waals surface area (Å²) >= 11 is 3.45. The molecule has 17 heavy (non-hydrogen) atoms. The number of fused-ring (bicyclic) bond motifs is 1. The summed E-state index contributed by atoms with van der Waals surface area (Å²) in [6.07, 6.45) is 9.77. The van der Waals surface area contributed by atoms with Crippen LogP contribution in [0.4, 0.5) is 5.82 Å². The molecule has 0 aromatic carbocycles. The first kappa shape index (κ1) is 11.0. The molecule has 2 aromatic rings. The van der Waals surface area contributed by atoms with Gasteiger partial charge in [-0.2, -0.15) is 0 Å². The summed E-state index contributed by atoms with van der Waals surface area (Å²) in [6, 6.07) is 0. The van der Waals surface area contributed by atoms with Gasteiger partial charge in [0.2, 0.25) is 0 Å². The van der Waals surface area contributed by atoms with Crippen molar-refractivity contribution in [2.45, 2.75) is 19.3 Å². The summed E-state index contributed by atoms with van der Waals surface area (Å²) in [5, 5.41) is 0. The van der Waals surface area contributed by atoms with Gasteiger partial charge in [0.05, 0.1) is 0 Å². The van der Waals surface area contributed by atoms with E-state index in [1.807, 2.05) is 23.0 Å². The zero-order chi connectivity index (χ0) is 11.8. The Labute approximate surface area is 109 Å². The van der Waals surface area contributed by atoms with Crippen LogP contribution in [0.5, 0.6) is 0 Å². The SMILES string of the molecule is CN(CC1CCC1)c1nc(Br)cn2ccnc12. The molecule has 2 aromatic heterocycles. The lowest BCUT2D eigenvalue weighted by Gasteiger charge is -2.30. The third kappa shape index (κ3) is 2.04. The molecule has 0 saturated heterocycles. The van der Waals surface area contributed by atoms with E-state index in [1.165, 1.54) is 19.3 Å². The zero-order valence-corrected chi connectivity index (χ0v) is 11.4. The lowest BCUT2D eigenvalue weighted by molar-refractivity contribution is 0.321. The molecule has 1 aliphatic rings. The van der Waals surface area contributed by atoms with Crippen LogP contribution in [0.2, 0.25) is 0 Å². The van der Waals surface area contributed by atoms with Crippen LogP contribution in [-0.2, 0) is 0 Å². The maximum absolute atomic E-state index is 4.54. The second-order valence-electron chi connectivity index (χ2n) is 4.72. The van der Waals surface area contributed by atoms with Crippen molar-refractivity contribution < 1.29 is 0 Å². The monoisotopic (exact) mass is 294 g/mol. The molecule has 1 aliphatic carbocycles. The Morgan fingerprint density at radius 2 is 2.35 bits per heavy atom. The summed E-state index contributed by atoms with van der Waals surface area (Å²) < 4.78 is 2.85. The van der Waals surface area contributed by atoms with Crippen molar-refractivity contribution >= 4 is 27.4 Å². The van der Waals surface area contributed by atoms with Gasteiger partial charge in [-0.3, -0.25) is 0 Å². The first-order chi connectivity index (χ1) is 8.24. The number of aromatic nitrogens is 3. The number of anilines is 1. The highest BCUT2D eigenvalue weighted by Gasteiger charge is 2.21. The van der Waals surface area contributed by atoms with Crippen LogP contribution >= 0.6 is 15.9 Å². The van der Waals surface area contributed by atoms with Gasteiger partial charge in [0, 0.05) is 32.2 Å². The number of hydrogen-bond donors (Lipinski definition) is 0. The van der Waals surface area contributed by atoms with Gasteiger partial charge >= 0.3 is 0 Å². The number of halogens is 1. The average molecular weight is 295 g/mol. The first-order valence-corrected chi connectivity index (χ1v) is 6.73. The van der Waals surface area contributed by atoms with Gasteiger partial charge in [0.1, 0.15) is 4.60 Å². The zero-order valence-electron chi connectivity index (χ0n) is 9.80. The van der Waals surface area contributed by atoms with E-state index in [0.29, 0.717) is 0 Å². The molecule has 0 amide bonds. The summed E-state index contributed by atoms with van der Waals surface area (Å²) in [5.74, 6) is 1.78. The molecule has 0 bridgehead atoms. The van der Waals surface area contributed by atoms with Crippen molar-refractivity contribution in [3.63, 3.8) is 0 Å². The molecular weight excluding hydrogens is 280 g/mol. The Morgan fingerprint density at radius 1 is 1.53 bits per heavy atom. The predicted molar refractivity (Wildman–Crippen MR) is 71.3 cm³/mol. The molecule has 0 spiro atoms. The smallest absolute Gasteiger partial charge is 0.180 e. The minimum absolute atomic E-state index is 0.829. The average Bonchev–Trinajstić information content (AvgIpc) is 2.69. The molecule has 0 N–H and O–H groups in total. The maximum atomic E-state index is 4.54. The molecule has 2 heterocycles. The van der Waals surface area contributed by atoms with E-state index in [4.69, 9.17) is 0 Å². The van der Waals surface area contributed by atoms with Crippen LogP contribution in [0.25, 0.3) is 5.65 Å². The van der Waals surface area contributed by atoms with Gasteiger partial charge in [-0.05, 0) is 34.7 Å². The lowest BCUT2D eigenvalue weighted by Crippen LogP contribution is -2.30. The molecule has 0 radical (unpaired) electrons. The Morgan fingerprint density at radius 3 is 3.06 bits per heavy atom. The van der Waals surface area contributed by atoms with Crippen molar-refractivity contribution in [3.8, 4) is 0 Å². The Balaban J connectivity index is 1.94. The van der Waals surface area contributed by atoms with Gasteiger partial charge in [-0.25, -0.2) is 9.97 Å². The number of hydrogen-bond acceptors (Lipinski definition) is 3. The summed E-state index contributed by atoms with van der Waals surface area (Å²) in [5.41, 5.74) is 0.926. The van der Waals surface area contributed by atoms with Gasteiger partial charge in [0.25, 0.3) is 0 Å². The quantitative estimate of drug-likeness (QED) is 0.873. The highest BCUT2D eigenvalue weighted by Crippen LogP contribution is 2.29. The summed E-state index contributed by atoms with van der Waals surface area (Å²) in [4.78, 5) is 11.1. The molecule has 1 fully saturated rings. The van der Waals surface area contributed by atoms with Gasteiger partial charge in [0.15, 0.2) is 11.5 Å². The van der Waals surface area contributed by atoms with Crippen molar-refractivity contribution in [2.75, 3.05) is 18.5 Å². The van der Waals surface area contributed by atoms with E-state index in [9.17, 15) is 0 Å². The molecule has 0 aliphatic heterocycles. The molecule has 1 saturated carbocycles. The van der Waals surface area contributed by atoms with E-state index in [2.05, 4.69) is 37.8 Å². The fraction of sp³-hybridized carbons (Fsp3) is 0.500. The van der Waals surface area contributed by atoms with Crippen molar-refractivity contribution in [2.24, 2.45) is 5.92 Å². The van der Waals surface area contributed by atoms with Crippen LogP contribution in [0, 0.1) is 5.92 Å². The van der Waals surface area contributed by atoms with Crippen molar-refractivity contribution in [1.29, 1.82) is 0 Å². The van der Waals surface area contributed by atoms with E-state index < -0.39 is 0 Å². The van der Waals surface area contributed by atoms with Gasteiger partial charge in [-0.15, -0.1) is 0 Å². The molecule has 4 nitrogen and oxygen atoms in total. The molecule has 0 atom stereocenters. The molecule has 3 rings (SSSR count). The first-order valence-electron chi connectivity index (χ1n) is 5.94. The van der Waals surface area contributed by atoms with E-state index in [0.717, 1.165) is 28.5 Å². The normalized spacial score (nSPS) is 16.1. The number of rotatable bonds is 3. The maximum Gasteiger partial charge on any atom is 0.180 e. The van der Waals surface area contributed by atoms with Gasteiger partial charge < -0.3 is 9.30 Å². The summed E-state index contributed by atoms with van der Waals surface area (Å²) in [6.45, 7) is 1.08. The largest absolute Gasteiger partial charge is 0.356 e. The highest BCUT2D eigenvalue weighted by molar-refractivity contribution is 9.10.